The van der Waals surface area contributed by atoms with E-state index < -0.39 is 0 Å². The molecule has 1 aromatic carbocycles. The molecule has 1 fully saturated rings. The van der Waals surface area contributed by atoms with Crippen molar-refractivity contribution < 1.29 is 9.53 Å². The number of benzene rings is 1. The second-order valence-electron chi connectivity index (χ2n) is 6.73. The number of ether oxygens (including phenoxy) is 1. The second-order valence-corrected chi connectivity index (χ2v) is 8.80. The molecule has 1 aliphatic rings. The first-order chi connectivity index (χ1) is 12.1. The van der Waals surface area contributed by atoms with Crippen LogP contribution >= 0.6 is 0 Å². The number of allylic oxidation sites excluding steroid dienone is 3. The maximum absolute atomic E-state index is 11.7. The molecule has 0 radical (unpaired) electrons. The van der Waals surface area contributed by atoms with Crippen molar-refractivity contribution in [3.05, 3.63) is 53.1 Å². The van der Waals surface area contributed by atoms with Gasteiger partial charge in [-0.3, -0.25) is 0 Å². The van der Waals surface area contributed by atoms with Crippen molar-refractivity contribution in [3.8, 4) is 0 Å². The molecule has 0 aromatic heterocycles. The average molecular weight is 405 g/mol. The maximum atomic E-state index is 11.7. The molecule has 1 aliphatic carbocycles. The van der Waals surface area contributed by atoms with Crippen molar-refractivity contribution in [1.29, 1.82) is 0 Å². The van der Waals surface area contributed by atoms with E-state index in [1.54, 1.807) is 6.08 Å². The summed E-state index contributed by atoms with van der Waals surface area (Å²) in [5, 5.41) is 1.03. The van der Waals surface area contributed by atoms with Gasteiger partial charge in [0.25, 0.3) is 0 Å². The standard InChI is InChI=1S/C22H30O2Se/c1-4-24-21(23)14-13-20(15-19-11-6-5-7-12-19)16-25-22-17(2)9-8-10-18(22)3/h8-10,13-15,19H,4-7,11-12,16H2,1-3H3/b14-13-,20-15+. The Morgan fingerprint density at radius 2 is 1.84 bits per heavy atom. The van der Waals surface area contributed by atoms with Gasteiger partial charge in [-0.15, -0.1) is 0 Å². The van der Waals surface area contributed by atoms with E-state index in [-0.39, 0.29) is 5.97 Å². The molecule has 0 saturated heterocycles. The number of esters is 1. The summed E-state index contributed by atoms with van der Waals surface area (Å²) >= 11 is 0.384. The first-order valence-corrected chi connectivity index (χ1v) is 11.4. The second kappa shape index (κ2) is 10.6. The van der Waals surface area contributed by atoms with Crippen LogP contribution < -0.4 is 4.46 Å². The molecular weight excluding hydrogens is 375 g/mol. The van der Waals surface area contributed by atoms with E-state index >= 15 is 0 Å². The number of aryl methyl sites for hydroxylation is 2. The molecule has 0 bridgehead atoms. The summed E-state index contributed by atoms with van der Waals surface area (Å²) in [5.74, 6) is 0.431. The average Bonchev–Trinajstić information content (AvgIpc) is 2.60. The first kappa shape index (κ1) is 20.0. The topological polar surface area (TPSA) is 26.3 Å². The zero-order valence-electron chi connectivity index (χ0n) is 15.7. The van der Waals surface area contributed by atoms with Crippen molar-refractivity contribution >= 4 is 25.4 Å². The predicted octanol–water partition coefficient (Wildman–Crippen LogP) is 4.68. The van der Waals surface area contributed by atoms with Crippen LogP contribution in [0.4, 0.5) is 0 Å². The quantitative estimate of drug-likeness (QED) is 0.285. The number of carbonyl (C=O) groups excluding carboxylic acids is 1. The molecule has 3 heteroatoms. The SMILES string of the molecule is CCOC(=O)/C=C\C(=C/C1CCCCC1)C[Se]c1c(C)cccc1C. The van der Waals surface area contributed by atoms with Gasteiger partial charge in [0.1, 0.15) is 0 Å². The summed E-state index contributed by atoms with van der Waals surface area (Å²) in [6, 6.07) is 6.52. The Morgan fingerprint density at radius 3 is 2.48 bits per heavy atom. The van der Waals surface area contributed by atoms with Crippen LogP contribution in [-0.4, -0.2) is 27.5 Å². The van der Waals surface area contributed by atoms with Gasteiger partial charge in [0.2, 0.25) is 0 Å². The number of hydrogen-bond acceptors (Lipinski definition) is 2. The zero-order valence-corrected chi connectivity index (χ0v) is 17.4. The molecule has 0 amide bonds. The van der Waals surface area contributed by atoms with E-state index in [1.807, 2.05) is 13.0 Å². The number of rotatable bonds is 7. The van der Waals surface area contributed by atoms with Crippen molar-refractivity contribution in [2.75, 3.05) is 6.61 Å². The molecule has 2 nitrogen and oxygen atoms in total. The molecule has 136 valence electrons. The molecule has 0 spiro atoms. The molecule has 0 N–H and O–H groups in total. The number of carbonyl (C=O) groups is 1. The van der Waals surface area contributed by atoms with E-state index in [0.717, 1.165) is 5.32 Å². The van der Waals surface area contributed by atoms with Crippen LogP contribution in [0.1, 0.15) is 50.2 Å². The van der Waals surface area contributed by atoms with Gasteiger partial charge < -0.3 is 0 Å². The Bertz CT molecular complexity index is 605. The van der Waals surface area contributed by atoms with E-state index in [9.17, 15) is 4.79 Å². The normalized spacial score (nSPS) is 16.4. The van der Waals surface area contributed by atoms with Crippen molar-refractivity contribution in [2.45, 2.75) is 58.2 Å². The molecule has 25 heavy (non-hydrogen) atoms. The van der Waals surface area contributed by atoms with E-state index in [4.69, 9.17) is 4.74 Å². The van der Waals surface area contributed by atoms with Gasteiger partial charge in [-0.1, -0.05) is 0 Å². The van der Waals surface area contributed by atoms with Crippen LogP contribution in [0.3, 0.4) is 0 Å². The fourth-order valence-electron chi connectivity index (χ4n) is 3.30. The van der Waals surface area contributed by atoms with Gasteiger partial charge in [0, 0.05) is 0 Å². The predicted molar refractivity (Wildman–Crippen MR) is 107 cm³/mol. The summed E-state index contributed by atoms with van der Waals surface area (Å²) in [6.07, 6.45) is 12.6. The number of hydrogen-bond donors (Lipinski definition) is 0. The monoisotopic (exact) mass is 406 g/mol. The Labute approximate surface area is 158 Å². The molecular formula is C22H30O2Se. The Kier molecular flexibility index (Phi) is 8.51. The summed E-state index contributed by atoms with van der Waals surface area (Å²) in [5.41, 5.74) is 4.06. The Morgan fingerprint density at radius 1 is 1.16 bits per heavy atom. The van der Waals surface area contributed by atoms with Crippen molar-refractivity contribution in [1.82, 2.24) is 0 Å². The molecule has 2 rings (SSSR count). The van der Waals surface area contributed by atoms with Crippen LogP contribution in [0.2, 0.25) is 5.32 Å². The van der Waals surface area contributed by atoms with E-state index in [2.05, 4.69) is 38.1 Å². The molecule has 0 unspecified atom stereocenters. The van der Waals surface area contributed by atoms with Gasteiger partial charge in [-0.2, -0.15) is 0 Å². The summed E-state index contributed by atoms with van der Waals surface area (Å²) in [7, 11) is 0. The van der Waals surface area contributed by atoms with Gasteiger partial charge in [-0.25, -0.2) is 0 Å². The Balaban J connectivity index is 2.10. The van der Waals surface area contributed by atoms with Crippen LogP contribution in [0.15, 0.2) is 42.0 Å². The Hall–Kier alpha value is -1.31. The molecule has 0 aliphatic heterocycles. The van der Waals surface area contributed by atoms with Crippen LogP contribution in [0.25, 0.3) is 0 Å². The van der Waals surface area contributed by atoms with E-state index in [0.29, 0.717) is 27.5 Å². The minimum absolute atomic E-state index is 0.239. The van der Waals surface area contributed by atoms with Gasteiger partial charge in [0.05, 0.1) is 0 Å². The van der Waals surface area contributed by atoms with E-state index in [1.165, 1.54) is 53.3 Å². The fraction of sp³-hybridized carbons (Fsp3) is 0.500. The molecule has 0 heterocycles. The van der Waals surface area contributed by atoms with Crippen LogP contribution in [0.5, 0.6) is 0 Å². The fourth-order valence-corrected chi connectivity index (χ4v) is 5.60. The van der Waals surface area contributed by atoms with Crippen molar-refractivity contribution in [2.24, 2.45) is 5.92 Å². The van der Waals surface area contributed by atoms with Gasteiger partial charge in [-0.05, 0) is 0 Å². The molecule has 1 aromatic rings. The van der Waals surface area contributed by atoms with Gasteiger partial charge in [0.15, 0.2) is 0 Å². The van der Waals surface area contributed by atoms with Crippen molar-refractivity contribution in [3.63, 3.8) is 0 Å². The van der Waals surface area contributed by atoms with Crippen LogP contribution in [0, 0.1) is 19.8 Å². The van der Waals surface area contributed by atoms with Crippen LogP contribution in [-0.2, 0) is 9.53 Å². The summed E-state index contributed by atoms with van der Waals surface area (Å²) in [6.45, 7) is 6.66. The minimum atomic E-state index is -0.239. The summed E-state index contributed by atoms with van der Waals surface area (Å²) < 4.78 is 6.53. The molecule has 1 saturated carbocycles. The van der Waals surface area contributed by atoms with Gasteiger partial charge >= 0.3 is 159 Å². The summed E-state index contributed by atoms with van der Waals surface area (Å²) in [4.78, 5) is 11.7. The zero-order chi connectivity index (χ0) is 18.1. The third-order valence-corrected chi connectivity index (χ3v) is 7.57. The third kappa shape index (κ3) is 6.84. The third-order valence-electron chi connectivity index (χ3n) is 4.61. The molecule has 0 atom stereocenters. The first-order valence-electron chi connectivity index (χ1n) is 9.34.